The average molecular weight is 478 g/mol. The van der Waals surface area contributed by atoms with Gasteiger partial charge in [0.25, 0.3) is 0 Å². The largest absolute Gasteiger partial charge is 0.462 e. The standard InChI is InChI=1S/C29H55N3O2/c1-30-23-15-11-7-3-5-9-13-20-28(21-14-10-6-4-8-12-16-24-31-2)34-29(33)22-19-27-32-25-17-18-26-32/h23-24,28H,3-22,25-27H2,1-2H3/b30-23-,31-24-. The minimum atomic E-state index is 0.0272. The molecule has 34 heavy (non-hydrogen) atoms. The number of esters is 1. The Balaban J connectivity index is 2.19. The first kappa shape index (κ1) is 30.8. The molecule has 0 spiro atoms. The summed E-state index contributed by atoms with van der Waals surface area (Å²) in [5, 5.41) is 0. The maximum absolute atomic E-state index is 12.5. The Morgan fingerprint density at radius 2 is 1.21 bits per heavy atom. The summed E-state index contributed by atoms with van der Waals surface area (Å²) in [6.07, 6.45) is 27.8. The fraction of sp³-hybridized carbons (Fsp3) is 0.897. The first-order valence-corrected chi connectivity index (χ1v) is 14.5. The fourth-order valence-electron chi connectivity index (χ4n) is 4.85. The third kappa shape index (κ3) is 19.1. The molecule has 1 rings (SSSR count). The van der Waals surface area contributed by atoms with Crippen molar-refractivity contribution in [3.8, 4) is 0 Å². The van der Waals surface area contributed by atoms with E-state index >= 15 is 0 Å². The number of ether oxygens (including phenoxy) is 1. The lowest BCUT2D eigenvalue weighted by Gasteiger charge is -2.19. The third-order valence-corrected chi connectivity index (χ3v) is 6.94. The quantitative estimate of drug-likeness (QED) is 0.0874. The maximum atomic E-state index is 12.5. The maximum Gasteiger partial charge on any atom is 0.306 e. The SMILES string of the molecule is C/N=C\CCCCCCCCC(CCCCCCCC/C=N\C)OC(=O)CCCN1CCCC1. The van der Waals surface area contributed by atoms with E-state index in [0.29, 0.717) is 6.42 Å². The van der Waals surface area contributed by atoms with Gasteiger partial charge in [0.05, 0.1) is 0 Å². The van der Waals surface area contributed by atoms with Crippen LogP contribution in [-0.4, -0.2) is 63.1 Å². The molecule has 5 nitrogen and oxygen atoms in total. The zero-order valence-corrected chi connectivity index (χ0v) is 22.7. The summed E-state index contributed by atoms with van der Waals surface area (Å²) in [7, 11) is 3.70. The molecule has 0 atom stereocenters. The van der Waals surface area contributed by atoms with Crippen molar-refractivity contribution in [1.29, 1.82) is 0 Å². The van der Waals surface area contributed by atoms with Gasteiger partial charge in [0.15, 0.2) is 0 Å². The number of hydrogen-bond donors (Lipinski definition) is 0. The van der Waals surface area contributed by atoms with Gasteiger partial charge >= 0.3 is 5.97 Å². The van der Waals surface area contributed by atoms with Crippen LogP contribution >= 0.6 is 0 Å². The molecule has 0 unspecified atom stereocenters. The molecule has 0 aliphatic carbocycles. The van der Waals surface area contributed by atoms with Crippen molar-refractivity contribution in [3.05, 3.63) is 0 Å². The monoisotopic (exact) mass is 477 g/mol. The van der Waals surface area contributed by atoms with Crippen molar-refractivity contribution in [2.45, 2.75) is 135 Å². The molecule has 198 valence electrons. The highest BCUT2D eigenvalue weighted by Crippen LogP contribution is 2.18. The van der Waals surface area contributed by atoms with Crippen LogP contribution in [0.1, 0.15) is 128 Å². The van der Waals surface area contributed by atoms with Gasteiger partial charge in [-0.3, -0.25) is 4.79 Å². The highest BCUT2D eigenvalue weighted by Gasteiger charge is 2.16. The first-order chi connectivity index (χ1) is 16.8. The van der Waals surface area contributed by atoms with Crippen molar-refractivity contribution in [3.63, 3.8) is 0 Å². The molecule has 0 aromatic rings. The van der Waals surface area contributed by atoms with Gasteiger partial charge in [0, 0.05) is 20.5 Å². The van der Waals surface area contributed by atoms with Crippen molar-refractivity contribution in [1.82, 2.24) is 4.90 Å². The number of carbonyl (C=O) groups excluding carboxylic acids is 1. The van der Waals surface area contributed by atoms with Crippen molar-refractivity contribution >= 4 is 18.4 Å². The Morgan fingerprint density at radius 1 is 0.735 bits per heavy atom. The summed E-state index contributed by atoms with van der Waals surface area (Å²) >= 11 is 0. The molecule has 1 heterocycles. The van der Waals surface area contributed by atoms with Gasteiger partial charge in [-0.05, 0) is 103 Å². The number of carbonyl (C=O) groups is 1. The predicted molar refractivity (Wildman–Crippen MR) is 147 cm³/mol. The lowest BCUT2D eigenvalue weighted by atomic mass is 10.0. The van der Waals surface area contributed by atoms with Crippen LogP contribution in [0.2, 0.25) is 0 Å². The second-order valence-corrected chi connectivity index (χ2v) is 10.0. The molecule has 0 saturated carbocycles. The van der Waals surface area contributed by atoms with E-state index in [1.807, 2.05) is 26.5 Å². The Bertz CT molecular complexity index is 488. The minimum absolute atomic E-state index is 0.0272. The second-order valence-electron chi connectivity index (χ2n) is 10.0. The van der Waals surface area contributed by atoms with E-state index in [1.165, 1.54) is 103 Å². The highest BCUT2D eigenvalue weighted by atomic mass is 16.5. The van der Waals surface area contributed by atoms with E-state index in [2.05, 4.69) is 14.9 Å². The van der Waals surface area contributed by atoms with Gasteiger partial charge in [0.2, 0.25) is 0 Å². The lowest BCUT2D eigenvalue weighted by Crippen LogP contribution is -2.23. The third-order valence-electron chi connectivity index (χ3n) is 6.94. The van der Waals surface area contributed by atoms with Crippen LogP contribution in [0.5, 0.6) is 0 Å². The fourth-order valence-corrected chi connectivity index (χ4v) is 4.85. The Kier molecular flexibility index (Phi) is 21.3. The van der Waals surface area contributed by atoms with Crippen molar-refractivity contribution in [2.75, 3.05) is 33.7 Å². The summed E-state index contributed by atoms with van der Waals surface area (Å²) in [5.41, 5.74) is 0. The van der Waals surface area contributed by atoms with Crippen molar-refractivity contribution in [2.24, 2.45) is 9.98 Å². The number of likely N-dealkylation sites (tertiary alicyclic amines) is 1. The normalized spacial score (nSPS) is 14.8. The Hall–Kier alpha value is -1.23. The van der Waals surface area contributed by atoms with E-state index in [9.17, 15) is 4.79 Å². The van der Waals surface area contributed by atoms with Gasteiger partial charge in [-0.1, -0.05) is 51.4 Å². The molecule has 0 N–H and O–H groups in total. The van der Waals surface area contributed by atoms with Crippen LogP contribution in [0.25, 0.3) is 0 Å². The average Bonchev–Trinajstić information content (AvgIpc) is 3.35. The lowest BCUT2D eigenvalue weighted by molar-refractivity contribution is -0.150. The van der Waals surface area contributed by atoms with Crippen LogP contribution in [-0.2, 0) is 9.53 Å². The van der Waals surface area contributed by atoms with Gasteiger partial charge in [-0.15, -0.1) is 0 Å². The summed E-state index contributed by atoms with van der Waals surface area (Å²) in [6, 6.07) is 0. The van der Waals surface area contributed by atoms with Gasteiger partial charge in [0.1, 0.15) is 6.10 Å². The number of aliphatic imine (C=N–C) groups is 2. The molecule has 0 bridgehead atoms. The number of unbranched alkanes of at least 4 members (excludes halogenated alkanes) is 12. The van der Waals surface area contributed by atoms with E-state index in [0.717, 1.165) is 38.6 Å². The molecule has 1 aliphatic heterocycles. The molecule has 0 aromatic carbocycles. The van der Waals surface area contributed by atoms with Crippen LogP contribution in [0.4, 0.5) is 0 Å². The number of hydrogen-bond acceptors (Lipinski definition) is 5. The summed E-state index contributed by atoms with van der Waals surface area (Å²) in [6.45, 7) is 3.46. The summed E-state index contributed by atoms with van der Waals surface area (Å²) in [5.74, 6) is 0.0272. The van der Waals surface area contributed by atoms with E-state index in [4.69, 9.17) is 4.74 Å². The molecule has 5 heteroatoms. The van der Waals surface area contributed by atoms with Crippen LogP contribution < -0.4 is 0 Å². The minimum Gasteiger partial charge on any atom is -0.462 e. The molecule has 0 radical (unpaired) electrons. The topological polar surface area (TPSA) is 54.3 Å². The summed E-state index contributed by atoms with van der Waals surface area (Å²) < 4.78 is 5.97. The van der Waals surface area contributed by atoms with E-state index < -0.39 is 0 Å². The smallest absolute Gasteiger partial charge is 0.306 e. The van der Waals surface area contributed by atoms with E-state index in [1.54, 1.807) is 0 Å². The molecule has 1 fully saturated rings. The molecule has 0 amide bonds. The molecule has 1 aliphatic rings. The predicted octanol–water partition coefficient (Wildman–Crippen LogP) is 7.42. The molecular formula is C29H55N3O2. The molecule has 1 saturated heterocycles. The molecular weight excluding hydrogens is 422 g/mol. The first-order valence-electron chi connectivity index (χ1n) is 14.5. The van der Waals surface area contributed by atoms with Crippen molar-refractivity contribution < 1.29 is 9.53 Å². The zero-order chi connectivity index (χ0) is 24.5. The highest BCUT2D eigenvalue weighted by molar-refractivity contribution is 5.69. The van der Waals surface area contributed by atoms with E-state index in [-0.39, 0.29) is 12.1 Å². The second kappa shape index (κ2) is 23.5. The summed E-state index contributed by atoms with van der Waals surface area (Å²) in [4.78, 5) is 23.1. The van der Waals surface area contributed by atoms with Crippen LogP contribution in [0.3, 0.4) is 0 Å². The molecule has 0 aromatic heterocycles. The Morgan fingerprint density at radius 3 is 1.71 bits per heavy atom. The van der Waals surface area contributed by atoms with Gasteiger partial charge in [-0.25, -0.2) is 0 Å². The Labute approximate surface area is 211 Å². The van der Waals surface area contributed by atoms with Gasteiger partial charge in [-0.2, -0.15) is 0 Å². The zero-order valence-electron chi connectivity index (χ0n) is 22.7. The number of nitrogens with zero attached hydrogens (tertiary/aromatic N) is 3. The van der Waals surface area contributed by atoms with Crippen LogP contribution in [0, 0.1) is 0 Å². The van der Waals surface area contributed by atoms with Crippen LogP contribution in [0.15, 0.2) is 9.98 Å². The van der Waals surface area contributed by atoms with Gasteiger partial charge < -0.3 is 19.6 Å². The number of rotatable bonds is 23.